The van der Waals surface area contributed by atoms with Crippen molar-refractivity contribution in [2.24, 2.45) is 0 Å². The Kier molecular flexibility index (Phi) is 7.29. The molecular formula is C23H25F2N3O4. The summed E-state index contributed by atoms with van der Waals surface area (Å²) in [6.07, 6.45) is -2.20. The maximum atomic E-state index is 13.3. The van der Waals surface area contributed by atoms with Gasteiger partial charge < -0.3 is 23.8 Å². The highest BCUT2D eigenvalue weighted by atomic mass is 19.3. The van der Waals surface area contributed by atoms with E-state index < -0.39 is 6.11 Å². The average molecular weight is 445 g/mol. The van der Waals surface area contributed by atoms with E-state index in [0.717, 1.165) is 22.6 Å². The maximum absolute atomic E-state index is 13.3. The lowest BCUT2D eigenvalue weighted by Gasteiger charge is -2.24. The van der Waals surface area contributed by atoms with Gasteiger partial charge in [0.25, 0.3) is 5.88 Å². The third kappa shape index (κ3) is 6.19. The highest BCUT2D eigenvalue weighted by molar-refractivity contribution is 5.42. The minimum atomic E-state index is -3.38. The summed E-state index contributed by atoms with van der Waals surface area (Å²) in [7, 11) is 4.55. The molecule has 0 unspecified atom stereocenters. The molecule has 0 radical (unpaired) electrons. The van der Waals surface area contributed by atoms with E-state index in [0.29, 0.717) is 26.0 Å². The first-order chi connectivity index (χ1) is 15.3. The fraction of sp³-hybridized carbons (Fsp3) is 0.304. The van der Waals surface area contributed by atoms with Crippen LogP contribution in [-0.2, 0) is 13.1 Å². The summed E-state index contributed by atoms with van der Waals surface area (Å²) >= 11 is 0. The van der Waals surface area contributed by atoms with Crippen molar-refractivity contribution in [2.75, 3.05) is 26.2 Å². The van der Waals surface area contributed by atoms with Gasteiger partial charge in [-0.1, -0.05) is 24.3 Å². The summed E-state index contributed by atoms with van der Waals surface area (Å²) in [6, 6.07) is 15.2. The summed E-state index contributed by atoms with van der Waals surface area (Å²) in [5.41, 5.74) is 1.98. The molecule has 0 aliphatic heterocycles. The quantitative estimate of drug-likeness (QED) is 0.448. The molecule has 1 aromatic heterocycles. The Morgan fingerprint density at radius 1 is 0.812 bits per heavy atom. The number of rotatable bonds is 10. The van der Waals surface area contributed by atoms with Gasteiger partial charge in [-0.3, -0.25) is 0 Å². The minimum Gasteiger partial charge on any atom is -0.497 e. The molecule has 7 nitrogen and oxygen atoms in total. The van der Waals surface area contributed by atoms with Crippen molar-refractivity contribution < 1.29 is 27.7 Å². The number of alkyl halides is 2. The van der Waals surface area contributed by atoms with E-state index in [1.807, 2.05) is 53.4 Å². The molecule has 0 aliphatic rings. The summed E-state index contributed by atoms with van der Waals surface area (Å²) in [5.74, 6) is 1.48. The molecule has 0 aliphatic carbocycles. The van der Waals surface area contributed by atoms with Gasteiger partial charge in [-0.2, -0.15) is 13.8 Å². The van der Waals surface area contributed by atoms with E-state index in [2.05, 4.69) is 14.7 Å². The number of methoxy groups -OCH3 is 3. The number of benzene rings is 2. The molecule has 0 amide bonds. The third-order valence-electron chi connectivity index (χ3n) is 4.54. The Labute approximate surface area is 185 Å². The number of ether oxygens (including phenoxy) is 4. The van der Waals surface area contributed by atoms with Crippen molar-refractivity contribution >= 4 is 5.95 Å². The molecule has 0 bridgehead atoms. The topological polar surface area (TPSA) is 65.9 Å². The van der Waals surface area contributed by atoms with Crippen molar-refractivity contribution in [3.05, 3.63) is 65.9 Å². The number of anilines is 1. The summed E-state index contributed by atoms with van der Waals surface area (Å²) in [6.45, 7) is 1.56. The van der Waals surface area contributed by atoms with Crippen LogP contribution < -0.4 is 23.8 Å². The second kappa shape index (κ2) is 10.1. The number of aromatic nitrogens is 2. The van der Waals surface area contributed by atoms with E-state index in [4.69, 9.17) is 14.2 Å². The molecule has 2 aromatic carbocycles. The van der Waals surface area contributed by atoms with Gasteiger partial charge in [-0.15, -0.1) is 0 Å². The largest absolute Gasteiger partial charge is 0.497 e. The normalized spacial score (nSPS) is 11.1. The van der Waals surface area contributed by atoms with Gasteiger partial charge in [0.2, 0.25) is 11.7 Å². The first-order valence-electron chi connectivity index (χ1n) is 9.80. The molecule has 32 heavy (non-hydrogen) atoms. The molecule has 1 heterocycles. The zero-order valence-corrected chi connectivity index (χ0v) is 18.3. The number of hydrogen-bond acceptors (Lipinski definition) is 7. The molecule has 0 spiro atoms. The highest BCUT2D eigenvalue weighted by Crippen LogP contribution is 2.31. The first kappa shape index (κ1) is 23.1. The lowest BCUT2D eigenvalue weighted by molar-refractivity contribution is -0.160. The molecule has 9 heteroatoms. The van der Waals surface area contributed by atoms with E-state index in [-0.39, 0.29) is 11.6 Å². The van der Waals surface area contributed by atoms with Crippen molar-refractivity contribution in [1.82, 2.24) is 9.97 Å². The van der Waals surface area contributed by atoms with Gasteiger partial charge in [0.05, 0.1) is 27.5 Å². The second-order valence-electron chi connectivity index (χ2n) is 7.01. The summed E-state index contributed by atoms with van der Waals surface area (Å²) in [4.78, 5) is 10.5. The Morgan fingerprint density at radius 3 is 1.72 bits per heavy atom. The van der Waals surface area contributed by atoms with Crippen molar-refractivity contribution in [3.8, 4) is 23.1 Å². The van der Waals surface area contributed by atoms with Crippen LogP contribution in [0.4, 0.5) is 14.7 Å². The van der Waals surface area contributed by atoms with Gasteiger partial charge in [0.1, 0.15) is 11.5 Å². The van der Waals surface area contributed by atoms with Gasteiger partial charge in [0, 0.05) is 20.0 Å². The second-order valence-corrected chi connectivity index (χ2v) is 7.01. The van der Waals surface area contributed by atoms with Crippen LogP contribution in [0.3, 0.4) is 0 Å². The number of hydrogen-bond donors (Lipinski definition) is 0. The number of halogens is 2. The molecule has 3 rings (SSSR count). The fourth-order valence-corrected chi connectivity index (χ4v) is 3.01. The maximum Gasteiger partial charge on any atom is 0.395 e. The van der Waals surface area contributed by atoms with Crippen LogP contribution in [0.15, 0.2) is 54.7 Å². The van der Waals surface area contributed by atoms with E-state index in [1.165, 1.54) is 13.3 Å². The smallest absolute Gasteiger partial charge is 0.395 e. The van der Waals surface area contributed by atoms with Gasteiger partial charge in [-0.25, -0.2) is 4.98 Å². The van der Waals surface area contributed by atoms with Crippen LogP contribution in [-0.4, -0.2) is 37.4 Å². The van der Waals surface area contributed by atoms with E-state index in [1.54, 1.807) is 14.2 Å². The minimum absolute atomic E-state index is 0.0778. The van der Waals surface area contributed by atoms with Gasteiger partial charge in [-0.05, 0) is 35.4 Å². The molecule has 0 N–H and O–H groups in total. The first-order valence-corrected chi connectivity index (χ1v) is 9.80. The lowest BCUT2D eigenvalue weighted by atomic mass is 10.1. The van der Waals surface area contributed by atoms with Crippen LogP contribution in [0.25, 0.3) is 0 Å². The Bertz CT molecular complexity index is 960. The molecule has 0 fully saturated rings. The number of nitrogens with zero attached hydrogens (tertiary/aromatic N) is 3. The Balaban J connectivity index is 1.92. The lowest BCUT2D eigenvalue weighted by Crippen LogP contribution is -2.25. The van der Waals surface area contributed by atoms with Crippen LogP contribution in [0.1, 0.15) is 18.1 Å². The predicted molar refractivity (Wildman–Crippen MR) is 116 cm³/mol. The zero-order chi connectivity index (χ0) is 23.1. The summed E-state index contributed by atoms with van der Waals surface area (Å²) in [5, 5.41) is 0. The molecule has 3 aromatic rings. The zero-order valence-electron chi connectivity index (χ0n) is 18.3. The van der Waals surface area contributed by atoms with Crippen LogP contribution in [0.2, 0.25) is 0 Å². The van der Waals surface area contributed by atoms with Crippen molar-refractivity contribution in [2.45, 2.75) is 26.1 Å². The fourth-order valence-electron chi connectivity index (χ4n) is 3.01. The predicted octanol–water partition coefficient (Wildman–Crippen LogP) is 4.70. The Morgan fingerprint density at radius 2 is 1.31 bits per heavy atom. The van der Waals surface area contributed by atoms with Crippen molar-refractivity contribution in [3.63, 3.8) is 0 Å². The van der Waals surface area contributed by atoms with Crippen molar-refractivity contribution in [1.29, 1.82) is 0 Å². The van der Waals surface area contributed by atoms with E-state index >= 15 is 0 Å². The van der Waals surface area contributed by atoms with E-state index in [9.17, 15) is 8.78 Å². The molecule has 0 atom stereocenters. The summed E-state index contributed by atoms with van der Waals surface area (Å²) < 4.78 is 46.9. The average Bonchev–Trinajstić information content (AvgIpc) is 2.79. The van der Waals surface area contributed by atoms with Gasteiger partial charge in [0.15, 0.2) is 0 Å². The van der Waals surface area contributed by atoms with Crippen LogP contribution in [0.5, 0.6) is 23.1 Å². The SMILES string of the molecule is COc1ccc(CN(Cc2ccc(OC)cc2)c2ncc(OC(C)(F)F)c(OC)n2)cc1. The molecule has 0 saturated heterocycles. The standard InChI is InChI=1S/C23H25F2N3O4/c1-23(24,25)32-20-13-26-22(27-21(20)31-4)28(14-16-5-9-18(29-2)10-6-16)15-17-7-11-19(30-3)12-8-17/h5-13H,14-15H2,1-4H3. The molecular weight excluding hydrogens is 420 g/mol. The monoisotopic (exact) mass is 445 g/mol. The van der Waals surface area contributed by atoms with Gasteiger partial charge >= 0.3 is 6.11 Å². The Hall–Kier alpha value is -3.62. The molecule has 0 saturated carbocycles. The van der Waals surface area contributed by atoms with Crippen LogP contribution >= 0.6 is 0 Å². The third-order valence-corrected chi connectivity index (χ3v) is 4.54. The molecule has 170 valence electrons. The van der Waals surface area contributed by atoms with Crippen LogP contribution in [0, 0.1) is 0 Å². The highest BCUT2D eigenvalue weighted by Gasteiger charge is 2.27.